The number of amides is 1. The summed E-state index contributed by atoms with van der Waals surface area (Å²) in [5.41, 5.74) is 2.38. The molecule has 7 nitrogen and oxygen atoms in total. The fraction of sp³-hybridized carbons (Fsp3) is 0.120. The number of pyridine rings is 1. The number of benzene rings is 2. The summed E-state index contributed by atoms with van der Waals surface area (Å²) < 4.78 is 10.7. The predicted octanol–water partition coefficient (Wildman–Crippen LogP) is 3.72. The number of esters is 1. The van der Waals surface area contributed by atoms with Crippen molar-refractivity contribution in [1.82, 2.24) is 9.88 Å². The molecule has 2 aromatic carbocycles. The molecular weight excluding hydrogens is 408 g/mol. The number of carbonyl (C=O) groups excluding carboxylic acids is 2. The number of hydrogen-bond donors (Lipinski definition) is 0. The number of hydrogen-bond acceptors (Lipinski definition) is 6. The SMILES string of the molecule is COC(=O)c1ccc(C2c3c(oc4ccccc4c3=O)C(=O)N2Cc2ccncc2)cc1. The molecule has 0 spiro atoms. The van der Waals surface area contributed by atoms with E-state index in [0.717, 1.165) is 5.56 Å². The van der Waals surface area contributed by atoms with Gasteiger partial charge >= 0.3 is 5.97 Å². The maximum Gasteiger partial charge on any atom is 0.337 e. The minimum atomic E-state index is -0.654. The Morgan fingerprint density at radius 2 is 1.75 bits per heavy atom. The summed E-state index contributed by atoms with van der Waals surface area (Å²) in [6.07, 6.45) is 3.31. The third kappa shape index (κ3) is 3.15. The van der Waals surface area contributed by atoms with Gasteiger partial charge in [-0.3, -0.25) is 14.6 Å². The Kier molecular flexibility index (Phi) is 4.78. The second-order valence-electron chi connectivity index (χ2n) is 7.47. The molecule has 0 saturated carbocycles. The Hall–Kier alpha value is -4.26. The third-order valence-corrected chi connectivity index (χ3v) is 5.62. The molecule has 1 aliphatic rings. The molecule has 32 heavy (non-hydrogen) atoms. The Morgan fingerprint density at radius 3 is 2.47 bits per heavy atom. The van der Waals surface area contributed by atoms with Crippen molar-refractivity contribution in [3.63, 3.8) is 0 Å². The van der Waals surface area contributed by atoms with Crippen LogP contribution in [0.15, 0.2) is 82.3 Å². The van der Waals surface area contributed by atoms with Gasteiger partial charge in [0.2, 0.25) is 5.76 Å². The van der Waals surface area contributed by atoms with Gasteiger partial charge < -0.3 is 14.1 Å². The molecule has 1 amide bonds. The van der Waals surface area contributed by atoms with Gasteiger partial charge in [-0.2, -0.15) is 0 Å². The average molecular weight is 426 g/mol. The van der Waals surface area contributed by atoms with Crippen LogP contribution in [0.25, 0.3) is 11.0 Å². The first-order chi connectivity index (χ1) is 15.6. The predicted molar refractivity (Wildman–Crippen MR) is 116 cm³/mol. The molecule has 0 radical (unpaired) electrons. The first-order valence-corrected chi connectivity index (χ1v) is 10.0. The van der Waals surface area contributed by atoms with Gasteiger partial charge in [-0.15, -0.1) is 0 Å². The zero-order chi connectivity index (χ0) is 22.2. The van der Waals surface area contributed by atoms with E-state index in [0.29, 0.717) is 27.7 Å². The maximum absolute atomic E-state index is 13.4. The van der Waals surface area contributed by atoms with Crippen molar-refractivity contribution < 1.29 is 18.7 Å². The number of fused-ring (bicyclic) bond motifs is 2. The topological polar surface area (TPSA) is 89.7 Å². The Bertz CT molecular complexity index is 1390. The van der Waals surface area contributed by atoms with Crippen LogP contribution < -0.4 is 5.43 Å². The summed E-state index contributed by atoms with van der Waals surface area (Å²) in [7, 11) is 1.31. The Labute approximate surface area is 182 Å². The maximum atomic E-state index is 13.4. The summed E-state index contributed by atoms with van der Waals surface area (Å²) in [4.78, 5) is 44.3. The smallest absolute Gasteiger partial charge is 0.337 e. The number of para-hydroxylation sites is 1. The molecule has 1 atom stereocenters. The van der Waals surface area contributed by atoms with E-state index in [-0.39, 0.29) is 23.6 Å². The summed E-state index contributed by atoms with van der Waals surface area (Å²) in [5.74, 6) is -0.773. The van der Waals surface area contributed by atoms with Crippen LogP contribution in [0.5, 0.6) is 0 Å². The molecule has 0 N–H and O–H groups in total. The van der Waals surface area contributed by atoms with Crippen LogP contribution in [-0.2, 0) is 11.3 Å². The lowest BCUT2D eigenvalue weighted by Crippen LogP contribution is -2.29. The molecule has 0 saturated heterocycles. The molecule has 3 heterocycles. The van der Waals surface area contributed by atoms with Crippen molar-refractivity contribution in [1.29, 1.82) is 0 Å². The fourth-order valence-corrected chi connectivity index (χ4v) is 4.08. The highest BCUT2D eigenvalue weighted by Crippen LogP contribution is 2.39. The van der Waals surface area contributed by atoms with Crippen molar-refractivity contribution in [3.05, 3.63) is 111 Å². The average Bonchev–Trinajstić information content (AvgIpc) is 3.11. The van der Waals surface area contributed by atoms with Crippen LogP contribution in [0.1, 0.15) is 43.6 Å². The van der Waals surface area contributed by atoms with Crippen LogP contribution in [0.4, 0.5) is 0 Å². The summed E-state index contributed by atoms with van der Waals surface area (Å²) in [5, 5.41) is 0.418. The second-order valence-corrected chi connectivity index (χ2v) is 7.47. The van der Waals surface area contributed by atoms with Gasteiger partial charge in [-0.25, -0.2) is 4.79 Å². The molecule has 7 heteroatoms. The molecule has 2 aromatic heterocycles. The molecule has 0 bridgehead atoms. The minimum absolute atomic E-state index is 0.0461. The number of carbonyl (C=O) groups is 2. The van der Waals surface area contributed by atoms with E-state index in [2.05, 4.69) is 4.98 Å². The molecule has 0 fully saturated rings. The highest BCUT2D eigenvalue weighted by molar-refractivity contribution is 5.99. The van der Waals surface area contributed by atoms with E-state index in [1.165, 1.54) is 7.11 Å². The van der Waals surface area contributed by atoms with E-state index in [1.807, 2.05) is 12.1 Å². The first-order valence-electron chi connectivity index (χ1n) is 10.0. The van der Waals surface area contributed by atoms with Gasteiger partial charge in [-0.05, 0) is 47.5 Å². The molecular formula is C25H18N2O5. The van der Waals surface area contributed by atoms with E-state index >= 15 is 0 Å². The minimum Gasteiger partial charge on any atom is -0.465 e. The largest absolute Gasteiger partial charge is 0.465 e. The van der Waals surface area contributed by atoms with Crippen molar-refractivity contribution >= 4 is 22.8 Å². The Morgan fingerprint density at radius 1 is 1.03 bits per heavy atom. The molecule has 158 valence electrons. The van der Waals surface area contributed by atoms with Gasteiger partial charge in [0, 0.05) is 18.9 Å². The number of methoxy groups -OCH3 is 1. The van der Waals surface area contributed by atoms with E-state index in [9.17, 15) is 14.4 Å². The van der Waals surface area contributed by atoms with E-state index in [1.54, 1.807) is 65.8 Å². The second kappa shape index (κ2) is 7.77. The van der Waals surface area contributed by atoms with Gasteiger partial charge in [0.05, 0.1) is 29.7 Å². The molecule has 4 aromatic rings. The molecule has 5 rings (SSSR count). The normalized spacial score (nSPS) is 15.1. The van der Waals surface area contributed by atoms with Crippen molar-refractivity contribution in [2.24, 2.45) is 0 Å². The quantitative estimate of drug-likeness (QED) is 0.462. The summed E-state index contributed by atoms with van der Waals surface area (Å²) >= 11 is 0. The van der Waals surface area contributed by atoms with Crippen LogP contribution >= 0.6 is 0 Å². The first kappa shape index (κ1) is 19.7. The lowest BCUT2D eigenvalue weighted by Gasteiger charge is -2.25. The van der Waals surface area contributed by atoms with Gasteiger partial charge in [0.1, 0.15) is 5.58 Å². The molecule has 1 aliphatic heterocycles. The highest BCUT2D eigenvalue weighted by Gasteiger charge is 2.42. The Balaban J connectivity index is 1.68. The third-order valence-electron chi connectivity index (χ3n) is 5.62. The van der Waals surface area contributed by atoms with E-state index < -0.39 is 12.0 Å². The van der Waals surface area contributed by atoms with Crippen LogP contribution in [-0.4, -0.2) is 28.9 Å². The number of ether oxygens (including phenoxy) is 1. The number of aromatic nitrogens is 1. The van der Waals surface area contributed by atoms with Crippen LogP contribution in [0, 0.1) is 0 Å². The van der Waals surface area contributed by atoms with Gasteiger partial charge in [0.25, 0.3) is 5.91 Å². The number of rotatable bonds is 4. The summed E-state index contributed by atoms with van der Waals surface area (Å²) in [6.45, 7) is 0.269. The zero-order valence-corrected chi connectivity index (χ0v) is 17.1. The summed E-state index contributed by atoms with van der Waals surface area (Å²) in [6, 6.07) is 16.6. The van der Waals surface area contributed by atoms with Crippen molar-refractivity contribution in [3.8, 4) is 0 Å². The fourth-order valence-electron chi connectivity index (χ4n) is 4.08. The van der Waals surface area contributed by atoms with Crippen LogP contribution in [0.3, 0.4) is 0 Å². The molecule has 1 unspecified atom stereocenters. The monoisotopic (exact) mass is 426 g/mol. The standard InChI is InChI=1S/C25H18N2O5/c1-31-25(30)17-8-6-16(7-9-17)21-20-22(28)18-4-2-3-5-19(18)32-23(20)24(29)27(21)14-15-10-12-26-13-11-15/h2-13,21H,14H2,1H3. The number of nitrogens with zero attached hydrogens (tertiary/aromatic N) is 2. The zero-order valence-electron chi connectivity index (χ0n) is 17.1. The van der Waals surface area contributed by atoms with E-state index in [4.69, 9.17) is 9.15 Å². The lowest BCUT2D eigenvalue weighted by atomic mass is 9.97. The van der Waals surface area contributed by atoms with Crippen molar-refractivity contribution in [2.75, 3.05) is 7.11 Å². The van der Waals surface area contributed by atoms with Crippen molar-refractivity contribution in [2.45, 2.75) is 12.6 Å². The van der Waals surface area contributed by atoms with Gasteiger partial charge in [0.15, 0.2) is 5.43 Å². The highest BCUT2D eigenvalue weighted by atomic mass is 16.5. The van der Waals surface area contributed by atoms with Gasteiger partial charge in [-0.1, -0.05) is 24.3 Å². The van der Waals surface area contributed by atoms with Crippen LogP contribution in [0.2, 0.25) is 0 Å². The molecule has 0 aliphatic carbocycles. The lowest BCUT2D eigenvalue weighted by molar-refractivity contribution is 0.0599.